The molecule has 0 spiro atoms. The van der Waals surface area contributed by atoms with E-state index in [-0.39, 0.29) is 11.3 Å². The van der Waals surface area contributed by atoms with Gasteiger partial charge in [-0.3, -0.25) is 4.79 Å². The molecule has 0 aliphatic carbocycles. The summed E-state index contributed by atoms with van der Waals surface area (Å²) in [4.78, 5) is 36.1. The second-order valence-electron chi connectivity index (χ2n) is 8.48. The number of nitrogen functional groups attached to an aromatic ring is 2. The van der Waals surface area contributed by atoms with Crippen LogP contribution in [0.3, 0.4) is 0 Å². The standard InChI is InChI=1S/C29H30N2O5/c30-24-17-23(18-25(31)19-24)29(35)36-15-7-2-1-4-8-20-11-12-21(26(16-20)28(33)34)13-14-27(32)22-9-5-3-6-10-22/h3,5-6,9-14,16-19H,1-2,4,7-8,15,30-31H2,(H,33,34). The maximum atomic E-state index is 12.3. The summed E-state index contributed by atoms with van der Waals surface area (Å²) in [6.45, 7) is 0.305. The fourth-order valence-electron chi connectivity index (χ4n) is 3.78. The number of allylic oxidation sites excluding steroid dienone is 1. The number of esters is 1. The van der Waals surface area contributed by atoms with Gasteiger partial charge in [0.05, 0.1) is 17.7 Å². The molecular weight excluding hydrogens is 456 g/mol. The van der Waals surface area contributed by atoms with E-state index in [1.165, 1.54) is 18.2 Å². The van der Waals surface area contributed by atoms with E-state index in [1.54, 1.807) is 48.5 Å². The highest BCUT2D eigenvalue weighted by Gasteiger charge is 2.11. The van der Waals surface area contributed by atoms with Gasteiger partial charge in [-0.1, -0.05) is 61.4 Å². The Morgan fingerprint density at radius 3 is 2.19 bits per heavy atom. The van der Waals surface area contributed by atoms with Gasteiger partial charge in [-0.25, -0.2) is 9.59 Å². The number of hydrogen-bond acceptors (Lipinski definition) is 6. The zero-order valence-corrected chi connectivity index (χ0v) is 20.0. The molecule has 0 bridgehead atoms. The van der Waals surface area contributed by atoms with Crippen molar-refractivity contribution in [2.24, 2.45) is 0 Å². The van der Waals surface area contributed by atoms with Crippen LogP contribution in [0.25, 0.3) is 6.08 Å². The Labute approximate surface area is 210 Å². The van der Waals surface area contributed by atoms with Crippen LogP contribution in [0.5, 0.6) is 0 Å². The van der Waals surface area contributed by atoms with Crippen LogP contribution in [-0.4, -0.2) is 29.4 Å². The van der Waals surface area contributed by atoms with Gasteiger partial charge in [-0.05, 0) is 60.7 Å². The van der Waals surface area contributed by atoms with Crippen LogP contribution < -0.4 is 11.5 Å². The maximum absolute atomic E-state index is 12.3. The molecule has 0 heterocycles. The molecule has 0 aliphatic rings. The van der Waals surface area contributed by atoms with E-state index in [1.807, 2.05) is 12.1 Å². The van der Waals surface area contributed by atoms with Crippen molar-refractivity contribution in [3.63, 3.8) is 0 Å². The number of carbonyl (C=O) groups excluding carboxylic acids is 2. The van der Waals surface area contributed by atoms with E-state index >= 15 is 0 Å². The summed E-state index contributed by atoms with van der Waals surface area (Å²) in [7, 11) is 0. The Hall–Kier alpha value is -4.39. The SMILES string of the molecule is Nc1cc(N)cc(C(=O)OCCCCCCc2ccc(C=CC(=O)c3ccccc3)c(C(=O)O)c2)c1. The lowest BCUT2D eigenvalue weighted by Crippen LogP contribution is -2.08. The van der Waals surface area contributed by atoms with Gasteiger partial charge in [0.2, 0.25) is 0 Å². The first-order chi connectivity index (χ1) is 17.3. The Bertz CT molecular complexity index is 1230. The molecule has 0 atom stereocenters. The lowest BCUT2D eigenvalue weighted by Gasteiger charge is -2.08. The molecule has 5 N–H and O–H groups in total. The molecule has 3 aromatic carbocycles. The lowest BCUT2D eigenvalue weighted by molar-refractivity contribution is 0.0497. The monoisotopic (exact) mass is 486 g/mol. The third-order valence-corrected chi connectivity index (χ3v) is 5.63. The molecule has 3 aromatic rings. The highest BCUT2D eigenvalue weighted by atomic mass is 16.5. The summed E-state index contributed by atoms with van der Waals surface area (Å²) in [6.07, 6.45) is 7.06. The molecule has 36 heavy (non-hydrogen) atoms. The van der Waals surface area contributed by atoms with Crippen LogP contribution in [0.4, 0.5) is 11.4 Å². The summed E-state index contributed by atoms with van der Waals surface area (Å²) in [5, 5.41) is 9.62. The number of aryl methyl sites for hydroxylation is 1. The zero-order valence-electron chi connectivity index (χ0n) is 20.0. The van der Waals surface area contributed by atoms with Gasteiger partial charge in [0, 0.05) is 16.9 Å². The summed E-state index contributed by atoms with van der Waals surface area (Å²) in [5.74, 6) is -1.67. The van der Waals surface area contributed by atoms with E-state index in [2.05, 4.69) is 0 Å². The van der Waals surface area contributed by atoms with Crippen LogP contribution in [0.1, 0.15) is 67.9 Å². The first-order valence-electron chi connectivity index (χ1n) is 11.8. The normalized spacial score (nSPS) is 10.9. The van der Waals surface area contributed by atoms with Gasteiger partial charge in [0.1, 0.15) is 0 Å². The van der Waals surface area contributed by atoms with Gasteiger partial charge >= 0.3 is 11.9 Å². The second-order valence-corrected chi connectivity index (χ2v) is 8.48. The van der Waals surface area contributed by atoms with Gasteiger partial charge < -0.3 is 21.3 Å². The number of nitrogens with two attached hydrogens (primary N) is 2. The lowest BCUT2D eigenvalue weighted by atomic mass is 9.99. The third-order valence-electron chi connectivity index (χ3n) is 5.63. The topological polar surface area (TPSA) is 133 Å². The number of benzene rings is 3. The first-order valence-corrected chi connectivity index (χ1v) is 11.8. The number of carboxylic acids is 1. The van der Waals surface area contributed by atoms with E-state index in [0.717, 1.165) is 37.7 Å². The highest BCUT2D eigenvalue weighted by molar-refractivity contribution is 6.07. The Morgan fingerprint density at radius 1 is 0.806 bits per heavy atom. The molecule has 7 heteroatoms. The molecule has 3 rings (SSSR count). The Balaban J connectivity index is 1.44. The number of aromatic carboxylic acids is 1. The molecule has 0 saturated heterocycles. The van der Waals surface area contributed by atoms with Crippen LogP contribution >= 0.6 is 0 Å². The molecule has 0 radical (unpaired) electrons. The van der Waals surface area contributed by atoms with Crippen molar-refractivity contribution < 1.29 is 24.2 Å². The molecule has 0 aliphatic heterocycles. The molecule has 0 fully saturated rings. The van der Waals surface area contributed by atoms with E-state index in [9.17, 15) is 19.5 Å². The van der Waals surface area contributed by atoms with E-state index < -0.39 is 11.9 Å². The minimum absolute atomic E-state index is 0.165. The van der Waals surface area contributed by atoms with Gasteiger partial charge in [0.25, 0.3) is 0 Å². The summed E-state index contributed by atoms with van der Waals surface area (Å²) in [6, 6.07) is 18.7. The summed E-state index contributed by atoms with van der Waals surface area (Å²) in [5.41, 5.74) is 14.7. The molecular formula is C29H30N2O5. The number of ketones is 1. The van der Waals surface area contributed by atoms with Crippen molar-refractivity contribution in [3.05, 3.63) is 101 Å². The average Bonchev–Trinajstić information content (AvgIpc) is 2.86. The predicted octanol–water partition coefficient (Wildman–Crippen LogP) is 5.41. The van der Waals surface area contributed by atoms with Crippen LogP contribution in [0.2, 0.25) is 0 Å². The number of rotatable bonds is 12. The fourth-order valence-corrected chi connectivity index (χ4v) is 3.78. The van der Waals surface area contributed by atoms with Crippen LogP contribution in [-0.2, 0) is 11.2 Å². The number of anilines is 2. The second kappa shape index (κ2) is 12.9. The van der Waals surface area contributed by atoms with Gasteiger partial charge in [0.15, 0.2) is 5.78 Å². The maximum Gasteiger partial charge on any atom is 0.338 e. The van der Waals surface area contributed by atoms with Crippen LogP contribution in [0, 0.1) is 0 Å². The van der Waals surface area contributed by atoms with Crippen molar-refractivity contribution in [2.75, 3.05) is 18.1 Å². The largest absolute Gasteiger partial charge is 0.478 e. The minimum Gasteiger partial charge on any atom is -0.478 e. The quantitative estimate of drug-likeness (QED) is 0.103. The zero-order chi connectivity index (χ0) is 25.9. The first kappa shape index (κ1) is 26.2. The van der Waals surface area contributed by atoms with E-state index in [4.69, 9.17) is 16.2 Å². The average molecular weight is 487 g/mol. The van der Waals surface area contributed by atoms with E-state index in [0.29, 0.717) is 34.7 Å². The molecule has 0 unspecified atom stereocenters. The Kier molecular flexibility index (Phi) is 9.40. The van der Waals surface area contributed by atoms with Crippen molar-refractivity contribution in [1.29, 1.82) is 0 Å². The minimum atomic E-state index is -1.03. The predicted molar refractivity (Wildman–Crippen MR) is 141 cm³/mol. The number of carboxylic acid groups (broad SMARTS) is 1. The summed E-state index contributed by atoms with van der Waals surface area (Å²) >= 11 is 0. The van der Waals surface area contributed by atoms with Crippen LogP contribution in [0.15, 0.2) is 72.8 Å². The highest BCUT2D eigenvalue weighted by Crippen LogP contribution is 2.18. The molecule has 7 nitrogen and oxygen atoms in total. The third kappa shape index (κ3) is 7.84. The van der Waals surface area contributed by atoms with Gasteiger partial charge in [-0.15, -0.1) is 0 Å². The smallest absolute Gasteiger partial charge is 0.338 e. The number of carbonyl (C=O) groups is 3. The fraction of sp³-hybridized carbons (Fsp3) is 0.207. The molecule has 0 amide bonds. The van der Waals surface area contributed by atoms with Crippen molar-refractivity contribution >= 4 is 35.2 Å². The molecule has 0 aromatic heterocycles. The summed E-state index contributed by atoms with van der Waals surface area (Å²) < 4.78 is 5.28. The van der Waals surface area contributed by atoms with Gasteiger partial charge in [-0.2, -0.15) is 0 Å². The van der Waals surface area contributed by atoms with Crippen molar-refractivity contribution in [3.8, 4) is 0 Å². The number of hydrogen-bond donors (Lipinski definition) is 3. The number of ether oxygens (including phenoxy) is 1. The number of unbranched alkanes of at least 4 members (excludes halogenated alkanes) is 3. The van der Waals surface area contributed by atoms with Crippen molar-refractivity contribution in [1.82, 2.24) is 0 Å². The molecule has 0 saturated carbocycles. The van der Waals surface area contributed by atoms with Crippen molar-refractivity contribution in [2.45, 2.75) is 32.1 Å². The molecule has 186 valence electrons. The Morgan fingerprint density at radius 2 is 1.50 bits per heavy atom.